The number of para-hydroxylation sites is 1. The van der Waals surface area contributed by atoms with Gasteiger partial charge in [0, 0.05) is 36.0 Å². The maximum absolute atomic E-state index is 13.5. The third-order valence-electron chi connectivity index (χ3n) is 7.76. The van der Waals surface area contributed by atoms with Crippen LogP contribution in [0, 0.1) is 0 Å². The van der Waals surface area contributed by atoms with Gasteiger partial charge in [0.2, 0.25) is 6.23 Å². The zero-order valence-electron chi connectivity index (χ0n) is 24.7. The van der Waals surface area contributed by atoms with Crippen LogP contribution in [0.1, 0.15) is 16.1 Å². The second kappa shape index (κ2) is 12.3. The monoisotopic (exact) mass is 622 g/mol. The largest absolute Gasteiger partial charge is 1.00 e. The quantitative estimate of drug-likeness (QED) is 0.313. The van der Waals surface area contributed by atoms with Crippen LogP contribution < -0.4 is 17.3 Å². The average molecular weight is 623 g/mol. The van der Waals surface area contributed by atoms with Gasteiger partial charge in [-0.05, 0) is 36.8 Å². The molecular weight excluding hydrogens is 587 g/mol. The number of halogens is 4. The SMILES string of the molecule is [2H]C([2H])([2H])[N+]1([C@@H]2O[C@H](C(=O)O)[C@@H](O)[C@H](O)[C@H]2O)CCN(CCCN2c3ccccc3Sc3ccc(C(F)(F)F)cc32)CC1.[Cl-]. The number of carbonyl (C=O) groups is 1. The molecule has 3 heterocycles. The molecule has 3 aliphatic rings. The molecule has 2 aromatic carbocycles. The van der Waals surface area contributed by atoms with E-state index in [2.05, 4.69) is 0 Å². The van der Waals surface area contributed by atoms with Gasteiger partial charge in [0.1, 0.15) is 12.2 Å². The van der Waals surface area contributed by atoms with Crippen molar-refractivity contribution >= 4 is 29.1 Å². The van der Waals surface area contributed by atoms with E-state index in [9.17, 15) is 38.4 Å². The number of aliphatic carboxylic acids is 1. The Balaban J connectivity index is 0.00000442. The maximum Gasteiger partial charge on any atom is 0.416 e. The average Bonchev–Trinajstić information content (AvgIpc) is 2.94. The number of aliphatic hydroxyl groups excluding tert-OH is 3. The number of benzene rings is 2. The van der Waals surface area contributed by atoms with Crippen molar-refractivity contribution in [2.45, 2.75) is 53.0 Å². The number of ether oxygens (including phenoxy) is 1. The summed E-state index contributed by atoms with van der Waals surface area (Å²) in [6.45, 7) is -1.49. The summed E-state index contributed by atoms with van der Waals surface area (Å²) >= 11 is 1.41. The van der Waals surface area contributed by atoms with E-state index in [0.29, 0.717) is 30.1 Å². The lowest BCUT2D eigenvalue weighted by molar-refractivity contribution is -0.964. The van der Waals surface area contributed by atoms with Crippen LogP contribution in [0.4, 0.5) is 24.5 Å². The van der Waals surface area contributed by atoms with Crippen LogP contribution in [0.15, 0.2) is 52.3 Å². The van der Waals surface area contributed by atoms with Crippen molar-refractivity contribution in [1.29, 1.82) is 0 Å². The normalized spacial score (nSPS) is 29.3. The summed E-state index contributed by atoms with van der Waals surface area (Å²) in [5.74, 6) is -1.59. The molecule has 4 N–H and O–H groups in total. The predicted octanol–water partition coefficient (Wildman–Crippen LogP) is -0.643. The van der Waals surface area contributed by atoms with Gasteiger partial charge in [0.25, 0.3) is 0 Å². The third kappa shape index (κ3) is 6.32. The molecule has 0 amide bonds. The number of fused-ring (bicyclic) bond motifs is 2. The Hall–Kier alpha value is -2.10. The standard InChI is InChI=1S/C27H32F3N3O6S.ClH/c1-33(25-23(36)21(34)22(35)24(39-25)26(37)38)13-11-31(12-14-33)9-4-10-32-17-5-2-3-6-19(17)40-20-8-7-16(15-18(20)32)27(28,29)30;/h2-3,5-8,15,21-25,34-36H,4,9-14H2,1H3;1H/t21-,22-,23+,24-,25+;/m0./s1/i1D3;. The Morgan fingerprint density at radius 1 is 1.05 bits per heavy atom. The van der Waals surface area contributed by atoms with Crippen LogP contribution >= 0.6 is 11.8 Å². The lowest BCUT2D eigenvalue weighted by Crippen LogP contribution is -3.00. The molecule has 5 atom stereocenters. The zero-order chi connectivity index (χ0) is 31.3. The first-order valence-corrected chi connectivity index (χ1v) is 13.7. The summed E-state index contributed by atoms with van der Waals surface area (Å²) < 4.78 is 70.0. The Labute approximate surface area is 250 Å². The van der Waals surface area contributed by atoms with Crippen molar-refractivity contribution in [2.24, 2.45) is 0 Å². The highest BCUT2D eigenvalue weighted by Crippen LogP contribution is 2.49. The Bertz CT molecular complexity index is 1350. The highest BCUT2D eigenvalue weighted by atomic mass is 35.5. The van der Waals surface area contributed by atoms with Crippen molar-refractivity contribution in [1.82, 2.24) is 4.90 Å². The molecule has 9 nitrogen and oxygen atoms in total. The van der Waals surface area contributed by atoms with Crippen molar-refractivity contribution < 1.29 is 64.1 Å². The predicted molar refractivity (Wildman–Crippen MR) is 140 cm³/mol. The summed E-state index contributed by atoms with van der Waals surface area (Å²) in [6.07, 6.45) is -13.2. The number of rotatable bonds is 6. The Morgan fingerprint density at radius 3 is 2.39 bits per heavy atom. The minimum atomic E-state index is -4.49. The van der Waals surface area contributed by atoms with Crippen LogP contribution in [-0.4, -0.2) is 113 Å². The van der Waals surface area contributed by atoms with Crippen LogP contribution in [-0.2, 0) is 15.7 Å². The molecule has 2 fully saturated rings. The number of alkyl halides is 3. The van der Waals surface area contributed by atoms with Crippen molar-refractivity contribution in [3.63, 3.8) is 0 Å². The topological polar surface area (TPSA) is 114 Å². The molecule has 0 aromatic heterocycles. The lowest BCUT2D eigenvalue weighted by atomic mass is 9.96. The highest BCUT2D eigenvalue weighted by molar-refractivity contribution is 7.99. The summed E-state index contributed by atoms with van der Waals surface area (Å²) in [7, 11) is 0. The summed E-state index contributed by atoms with van der Waals surface area (Å²) in [5, 5.41) is 40.5. The smallest absolute Gasteiger partial charge is 0.416 e. The van der Waals surface area contributed by atoms with Gasteiger partial charge in [0.15, 0.2) is 12.2 Å². The fourth-order valence-corrected chi connectivity index (χ4v) is 6.59. The maximum atomic E-state index is 13.5. The number of carboxylic acid groups (broad SMARTS) is 1. The minimum Gasteiger partial charge on any atom is -1.00 e. The van der Waals surface area contributed by atoms with E-state index in [1.807, 2.05) is 34.1 Å². The molecule has 41 heavy (non-hydrogen) atoms. The first kappa shape index (κ1) is 27.7. The lowest BCUT2D eigenvalue weighted by Gasteiger charge is -2.51. The van der Waals surface area contributed by atoms with Gasteiger partial charge in [-0.3, -0.25) is 9.38 Å². The molecule has 0 spiro atoms. The third-order valence-corrected chi connectivity index (χ3v) is 8.89. The van der Waals surface area contributed by atoms with Crippen LogP contribution in [0.2, 0.25) is 0 Å². The highest BCUT2D eigenvalue weighted by Gasteiger charge is 2.54. The summed E-state index contributed by atoms with van der Waals surface area (Å²) in [4.78, 5) is 17.1. The van der Waals surface area contributed by atoms with E-state index in [1.54, 1.807) is 0 Å². The number of likely N-dealkylation sites (N-methyl/N-ethyl adjacent to an activating group) is 1. The summed E-state index contributed by atoms with van der Waals surface area (Å²) in [5.41, 5.74) is 0.529. The van der Waals surface area contributed by atoms with Gasteiger partial charge < -0.3 is 42.5 Å². The van der Waals surface area contributed by atoms with Gasteiger partial charge in [0.05, 0.1) is 41.1 Å². The van der Waals surface area contributed by atoms with E-state index in [-0.39, 0.29) is 38.6 Å². The number of hydrogen-bond acceptors (Lipinski definition) is 8. The molecule has 0 unspecified atom stereocenters. The Morgan fingerprint density at radius 2 is 1.73 bits per heavy atom. The molecule has 0 saturated carbocycles. The van der Waals surface area contributed by atoms with Gasteiger partial charge in [-0.25, -0.2) is 4.79 Å². The second-order valence-electron chi connectivity index (χ2n) is 10.3. The number of quaternary nitrogens is 1. The minimum absolute atomic E-state index is 0. The van der Waals surface area contributed by atoms with E-state index in [1.165, 1.54) is 17.8 Å². The van der Waals surface area contributed by atoms with Crippen LogP contribution in [0.5, 0.6) is 0 Å². The molecule has 2 aromatic rings. The number of carboxylic acids is 1. The molecule has 0 radical (unpaired) electrons. The first-order valence-electron chi connectivity index (χ1n) is 14.4. The number of piperazine rings is 1. The van der Waals surface area contributed by atoms with E-state index in [4.69, 9.17) is 8.85 Å². The number of aliphatic hydroxyl groups is 3. The van der Waals surface area contributed by atoms with E-state index in [0.717, 1.165) is 22.7 Å². The number of hydrogen-bond donors (Lipinski definition) is 4. The molecule has 0 aliphatic carbocycles. The first-order chi connectivity index (χ1) is 20.1. The van der Waals surface area contributed by atoms with E-state index >= 15 is 0 Å². The van der Waals surface area contributed by atoms with Gasteiger partial charge >= 0.3 is 12.1 Å². The molecule has 2 saturated heterocycles. The van der Waals surface area contributed by atoms with Gasteiger partial charge in [-0.15, -0.1) is 0 Å². The molecule has 226 valence electrons. The molecular formula is C27H33ClF3N3O6S. The zero-order valence-corrected chi connectivity index (χ0v) is 23.3. The fraction of sp³-hybridized carbons (Fsp3) is 0.519. The van der Waals surface area contributed by atoms with Gasteiger partial charge in [-0.1, -0.05) is 23.9 Å². The molecule has 14 heteroatoms. The van der Waals surface area contributed by atoms with Crippen molar-refractivity contribution in [3.8, 4) is 0 Å². The molecule has 5 rings (SSSR count). The number of anilines is 2. The van der Waals surface area contributed by atoms with Crippen LogP contribution in [0.25, 0.3) is 0 Å². The molecule has 0 bridgehead atoms. The Kier molecular flexibility index (Phi) is 8.28. The fourth-order valence-electron chi connectivity index (χ4n) is 5.51. The van der Waals surface area contributed by atoms with Crippen molar-refractivity contribution in [2.75, 3.05) is 51.1 Å². The number of nitrogens with zero attached hydrogens (tertiary/aromatic N) is 3. The summed E-state index contributed by atoms with van der Waals surface area (Å²) in [6, 6.07) is 11.2. The van der Waals surface area contributed by atoms with E-state index < -0.39 is 59.8 Å². The molecule has 3 aliphatic heterocycles. The van der Waals surface area contributed by atoms with Crippen molar-refractivity contribution in [3.05, 3.63) is 48.0 Å². The van der Waals surface area contributed by atoms with Gasteiger partial charge in [-0.2, -0.15) is 13.2 Å². The van der Waals surface area contributed by atoms with Crippen LogP contribution in [0.3, 0.4) is 0 Å². The second-order valence-corrected chi connectivity index (χ2v) is 11.4.